The molecule has 0 N–H and O–H groups in total. The minimum Gasteiger partial charge on any atom is -0.490 e. The predicted octanol–water partition coefficient (Wildman–Crippen LogP) is 1.96. The number of ether oxygens (including phenoxy) is 2. The van der Waals surface area contributed by atoms with E-state index in [9.17, 15) is 9.59 Å². The number of hydrogen-bond acceptors (Lipinski definition) is 5. The molecule has 0 radical (unpaired) electrons. The molecule has 0 spiro atoms. The summed E-state index contributed by atoms with van der Waals surface area (Å²) >= 11 is 0. The van der Waals surface area contributed by atoms with Crippen LogP contribution in [0.25, 0.3) is 5.65 Å². The van der Waals surface area contributed by atoms with Crippen molar-refractivity contribution in [2.24, 2.45) is 0 Å². The first-order chi connectivity index (χ1) is 12.6. The van der Waals surface area contributed by atoms with Gasteiger partial charge < -0.3 is 19.3 Å². The first-order valence-corrected chi connectivity index (χ1v) is 8.88. The quantitative estimate of drug-likeness (QED) is 0.833. The van der Waals surface area contributed by atoms with E-state index in [0.717, 1.165) is 0 Å². The van der Waals surface area contributed by atoms with Crippen molar-refractivity contribution in [3.63, 3.8) is 0 Å². The fourth-order valence-corrected chi connectivity index (χ4v) is 3.14. The number of piperazine rings is 1. The molecule has 3 heterocycles. The molecule has 26 heavy (non-hydrogen) atoms. The molecule has 0 aromatic carbocycles. The van der Waals surface area contributed by atoms with Crippen molar-refractivity contribution in [2.75, 3.05) is 39.4 Å². The highest BCUT2D eigenvalue weighted by molar-refractivity contribution is 5.95. The van der Waals surface area contributed by atoms with E-state index in [1.807, 2.05) is 32.2 Å². The highest BCUT2D eigenvalue weighted by Gasteiger charge is 2.28. The van der Waals surface area contributed by atoms with E-state index < -0.39 is 0 Å². The molecule has 0 aliphatic carbocycles. The third-order valence-corrected chi connectivity index (χ3v) is 4.38. The second kappa shape index (κ2) is 7.63. The Hall–Kier alpha value is -2.77. The van der Waals surface area contributed by atoms with E-state index in [4.69, 9.17) is 9.47 Å². The monoisotopic (exact) mass is 360 g/mol. The van der Waals surface area contributed by atoms with Gasteiger partial charge in [0.05, 0.1) is 18.9 Å². The number of carbonyl (C=O) groups is 2. The Morgan fingerprint density at radius 3 is 2.46 bits per heavy atom. The first kappa shape index (κ1) is 18.0. The average molecular weight is 360 g/mol. The van der Waals surface area contributed by atoms with Gasteiger partial charge in [-0.1, -0.05) is 0 Å². The lowest BCUT2D eigenvalue weighted by Gasteiger charge is -2.34. The Morgan fingerprint density at radius 2 is 1.81 bits per heavy atom. The zero-order chi connectivity index (χ0) is 18.7. The first-order valence-electron chi connectivity index (χ1n) is 8.88. The number of carbonyl (C=O) groups excluding carboxylic acids is 2. The van der Waals surface area contributed by atoms with Gasteiger partial charge in [0.15, 0.2) is 11.4 Å². The summed E-state index contributed by atoms with van der Waals surface area (Å²) < 4.78 is 12.4. The van der Waals surface area contributed by atoms with E-state index in [0.29, 0.717) is 62.2 Å². The number of aryl methyl sites for hydroxylation is 1. The van der Waals surface area contributed by atoms with Gasteiger partial charge in [0.25, 0.3) is 5.91 Å². The van der Waals surface area contributed by atoms with Crippen molar-refractivity contribution in [1.29, 1.82) is 0 Å². The van der Waals surface area contributed by atoms with Crippen molar-refractivity contribution in [3.05, 3.63) is 29.7 Å². The summed E-state index contributed by atoms with van der Waals surface area (Å²) in [7, 11) is 0. The van der Waals surface area contributed by atoms with E-state index in [2.05, 4.69) is 4.98 Å². The molecule has 1 aliphatic heterocycles. The molecule has 0 atom stereocenters. The van der Waals surface area contributed by atoms with Crippen LogP contribution in [0.3, 0.4) is 0 Å². The number of hydrogen-bond donors (Lipinski definition) is 0. The highest BCUT2D eigenvalue weighted by atomic mass is 16.6. The number of fused-ring (bicyclic) bond motifs is 1. The predicted molar refractivity (Wildman–Crippen MR) is 95.6 cm³/mol. The fraction of sp³-hybridized carbons (Fsp3) is 0.500. The molecule has 0 unspecified atom stereocenters. The van der Waals surface area contributed by atoms with Crippen molar-refractivity contribution in [3.8, 4) is 5.75 Å². The van der Waals surface area contributed by atoms with Crippen LogP contribution in [0.5, 0.6) is 5.75 Å². The van der Waals surface area contributed by atoms with E-state index >= 15 is 0 Å². The molecule has 1 aliphatic rings. The van der Waals surface area contributed by atoms with Gasteiger partial charge >= 0.3 is 6.09 Å². The van der Waals surface area contributed by atoms with Crippen molar-refractivity contribution in [2.45, 2.75) is 20.8 Å². The lowest BCUT2D eigenvalue weighted by Crippen LogP contribution is -2.51. The smallest absolute Gasteiger partial charge is 0.409 e. The molecule has 2 aromatic rings. The number of aromatic nitrogens is 2. The molecule has 1 saturated heterocycles. The van der Waals surface area contributed by atoms with Crippen LogP contribution in [-0.2, 0) is 4.74 Å². The Kier molecular flexibility index (Phi) is 5.29. The second-order valence-electron chi connectivity index (χ2n) is 6.02. The fourth-order valence-electron chi connectivity index (χ4n) is 3.14. The van der Waals surface area contributed by atoms with Gasteiger partial charge in [0.1, 0.15) is 5.69 Å². The molecule has 2 aromatic heterocycles. The van der Waals surface area contributed by atoms with E-state index in [1.165, 1.54) is 0 Å². The van der Waals surface area contributed by atoms with Gasteiger partial charge in [-0.15, -0.1) is 0 Å². The molecule has 1 fully saturated rings. The molecular formula is C18H24N4O4. The minimum absolute atomic E-state index is 0.0906. The number of amides is 2. The second-order valence-corrected chi connectivity index (χ2v) is 6.02. The summed E-state index contributed by atoms with van der Waals surface area (Å²) in [5.74, 6) is 0.566. The summed E-state index contributed by atoms with van der Waals surface area (Å²) in [5.41, 5.74) is 1.83. The topological polar surface area (TPSA) is 76.4 Å². The Morgan fingerprint density at radius 1 is 1.12 bits per heavy atom. The highest BCUT2D eigenvalue weighted by Crippen LogP contribution is 2.23. The maximum absolute atomic E-state index is 13.1. The summed E-state index contributed by atoms with van der Waals surface area (Å²) in [6.45, 7) is 8.26. The maximum Gasteiger partial charge on any atom is 0.409 e. The Balaban J connectivity index is 1.80. The number of imidazole rings is 1. The third kappa shape index (κ3) is 3.31. The van der Waals surface area contributed by atoms with Crippen LogP contribution < -0.4 is 4.74 Å². The maximum atomic E-state index is 13.1. The Bertz CT molecular complexity index is 809. The zero-order valence-electron chi connectivity index (χ0n) is 15.4. The van der Waals surface area contributed by atoms with Crippen LogP contribution >= 0.6 is 0 Å². The number of rotatable bonds is 4. The van der Waals surface area contributed by atoms with Crippen LogP contribution in [0.1, 0.15) is 30.0 Å². The molecule has 2 amide bonds. The minimum atomic E-state index is -0.327. The molecule has 0 bridgehead atoms. The molecule has 8 nitrogen and oxygen atoms in total. The summed E-state index contributed by atoms with van der Waals surface area (Å²) in [4.78, 5) is 32.8. The van der Waals surface area contributed by atoms with Crippen molar-refractivity contribution < 1.29 is 19.1 Å². The van der Waals surface area contributed by atoms with Gasteiger partial charge in [0, 0.05) is 32.4 Å². The van der Waals surface area contributed by atoms with Crippen LogP contribution in [0, 0.1) is 6.92 Å². The van der Waals surface area contributed by atoms with Crippen LogP contribution in [-0.4, -0.2) is 70.6 Å². The van der Waals surface area contributed by atoms with Crippen molar-refractivity contribution in [1.82, 2.24) is 19.2 Å². The normalized spacial score (nSPS) is 14.6. The largest absolute Gasteiger partial charge is 0.490 e. The van der Waals surface area contributed by atoms with Gasteiger partial charge in [-0.2, -0.15) is 0 Å². The molecule has 8 heteroatoms. The Labute approximate surface area is 152 Å². The lowest BCUT2D eigenvalue weighted by molar-refractivity contribution is 0.0564. The number of pyridine rings is 1. The molecule has 140 valence electrons. The van der Waals surface area contributed by atoms with Crippen LogP contribution in [0.4, 0.5) is 4.79 Å². The van der Waals surface area contributed by atoms with Gasteiger partial charge in [-0.05, 0) is 32.9 Å². The third-order valence-electron chi connectivity index (χ3n) is 4.38. The standard InChI is InChI=1S/C18H24N4O4/c1-4-25-14-7-6-8-22-15(13(3)19-16(14)22)17(23)20-9-11-21(12-10-20)18(24)26-5-2/h6-8H,4-5,9-12H2,1-3H3. The molecule has 3 rings (SSSR count). The summed E-state index contributed by atoms with van der Waals surface area (Å²) in [6.07, 6.45) is 1.49. The van der Waals surface area contributed by atoms with Crippen LogP contribution in [0.15, 0.2) is 18.3 Å². The van der Waals surface area contributed by atoms with Gasteiger partial charge in [-0.3, -0.25) is 9.20 Å². The summed E-state index contributed by atoms with van der Waals surface area (Å²) in [6, 6.07) is 3.69. The van der Waals surface area contributed by atoms with Crippen molar-refractivity contribution >= 4 is 17.6 Å². The summed E-state index contributed by atoms with van der Waals surface area (Å²) in [5, 5.41) is 0. The SMILES string of the molecule is CCOC(=O)N1CCN(C(=O)c2c(C)nc3c(OCC)cccn23)CC1. The number of nitrogens with zero attached hydrogens (tertiary/aromatic N) is 4. The van der Waals surface area contributed by atoms with Gasteiger partial charge in [-0.25, -0.2) is 9.78 Å². The average Bonchev–Trinajstić information content (AvgIpc) is 2.98. The molecular weight excluding hydrogens is 336 g/mol. The van der Waals surface area contributed by atoms with Crippen LogP contribution in [0.2, 0.25) is 0 Å². The van der Waals surface area contributed by atoms with E-state index in [1.54, 1.807) is 21.1 Å². The lowest BCUT2D eigenvalue weighted by atomic mass is 10.2. The molecule has 0 saturated carbocycles. The zero-order valence-corrected chi connectivity index (χ0v) is 15.4. The van der Waals surface area contributed by atoms with E-state index in [-0.39, 0.29) is 12.0 Å². The van der Waals surface area contributed by atoms with Gasteiger partial charge in [0.2, 0.25) is 0 Å².